The molecule has 0 aliphatic carbocycles. The lowest BCUT2D eigenvalue weighted by atomic mass is 10.2. The van der Waals surface area contributed by atoms with Crippen molar-refractivity contribution in [1.82, 2.24) is 0 Å². The molecule has 0 aromatic heterocycles. The van der Waals surface area contributed by atoms with Crippen molar-refractivity contribution in [3.8, 4) is 11.5 Å². The van der Waals surface area contributed by atoms with Crippen molar-refractivity contribution in [1.29, 1.82) is 0 Å². The summed E-state index contributed by atoms with van der Waals surface area (Å²) in [5, 5.41) is 0.583. The lowest BCUT2D eigenvalue weighted by Gasteiger charge is -2.04. The topological polar surface area (TPSA) is 61.5 Å². The minimum atomic E-state index is -0.458. The van der Waals surface area contributed by atoms with E-state index in [1.165, 1.54) is 0 Å². The van der Waals surface area contributed by atoms with Gasteiger partial charge in [-0.1, -0.05) is 11.6 Å². The number of rotatable bonds is 3. The van der Waals surface area contributed by atoms with Gasteiger partial charge in [-0.25, -0.2) is 4.79 Å². The Labute approximate surface area is 109 Å². The van der Waals surface area contributed by atoms with Crippen molar-refractivity contribution in [2.45, 2.75) is 0 Å². The number of esters is 1. The van der Waals surface area contributed by atoms with E-state index in [-0.39, 0.29) is 0 Å². The predicted molar refractivity (Wildman–Crippen MR) is 67.7 cm³/mol. The summed E-state index contributed by atoms with van der Waals surface area (Å²) in [6, 6.07) is 12.8. The van der Waals surface area contributed by atoms with E-state index in [0.717, 1.165) is 0 Å². The molecule has 0 radical (unpaired) electrons. The second-order valence-electron chi connectivity index (χ2n) is 3.49. The average molecular weight is 264 g/mol. The molecule has 0 aliphatic heterocycles. The summed E-state index contributed by atoms with van der Waals surface area (Å²) in [5.74, 6) is 5.43. The van der Waals surface area contributed by atoms with Gasteiger partial charge in [0.2, 0.25) is 0 Å². The van der Waals surface area contributed by atoms with Crippen molar-refractivity contribution < 1.29 is 14.4 Å². The first kappa shape index (κ1) is 12.4. The van der Waals surface area contributed by atoms with E-state index in [1.54, 1.807) is 48.5 Å². The smallest absolute Gasteiger partial charge is 0.343 e. The molecule has 4 nitrogen and oxygen atoms in total. The second kappa shape index (κ2) is 5.53. The molecule has 0 saturated carbocycles. The monoisotopic (exact) mass is 263 g/mol. The highest BCUT2D eigenvalue weighted by molar-refractivity contribution is 6.30. The molecule has 0 spiro atoms. The lowest BCUT2D eigenvalue weighted by molar-refractivity contribution is 0.0734. The van der Waals surface area contributed by atoms with Crippen LogP contribution in [0, 0.1) is 0 Å². The van der Waals surface area contributed by atoms with Crippen LogP contribution in [0.2, 0.25) is 5.02 Å². The van der Waals surface area contributed by atoms with Crippen LogP contribution < -0.4 is 15.5 Å². The molecule has 5 heteroatoms. The first-order valence-corrected chi connectivity index (χ1v) is 5.51. The van der Waals surface area contributed by atoms with Crippen LogP contribution >= 0.6 is 11.6 Å². The van der Waals surface area contributed by atoms with Crippen LogP contribution in [-0.2, 0) is 0 Å². The van der Waals surface area contributed by atoms with E-state index in [2.05, 4.69) is 4.84 Å². The zero-order valence-electron chi connectivity index (χ0n) is 9.30. The first-order valence-electron chi connectivity index (χ1n) is 5.13. The number of halogens is 1. The summed E-state index contributed by atoms with van der Waals surface area (Å²) in [7, 11) is 0. The highest BCUT2D eigenvalue weighted by Gasteiger charge is 2.08. The van der Waals surface area contributed by atoms with Crippen LogP contribution in [0.1, 0.15) is 10.4 Å². The van der Waals surface area contributed by atoms with Crippen LogP contribution in [0.15, 0.2) is 48.5 Å². The highest BCUT2D eigenvalue weighted by Crippen LogP contribution is 2.17. The van der Waals surface area contributed by atoms with Gasteiger partial charge in [0, 0.05) is 5.02 Å². The lowest BCUT2D eigenvalue weighted by Crippen LogP contribution is -2.08. The number of ether oxygens (including phenoxy) is 1. The van der Waals surface area contributed by atoms with Crippen LogP contribution in [0.4, 0.5) is 0 Å². The summed E-state index contributed by atoms with van der Waals surface area (Å²) in [5.41, 5.74) is 0.408. The van der Waals surface area contributed by atoms with Crippen molar-refractivity contribution in [2.75, 3.05) is 0 Å². The fourth-order valence-electron chi connectivity index (χ4n) is 1.34. The summed E-state index contributed by atoms with van der Waals surface area (Å²) >= 11 is 5.73. The molecule has 0 aliphatic rings. The number of hydrogen-bond acceptors (Lipinski definition) is 4. The van der Waals surface area contributed by atoms with E-state index in [9.17, 15) is 4.79 Å². The van der Waals surface area contributed by atoms with E-state index < -0.39 is 5.97 Å². The number of hydrogen-bond donors (Lipinski definition) is 1. The van der Waals surface area contributed by atoms with E-state index in [4.69, 9.17) is 22.2 Å². The third-order valence-corrected chi connectivity index (χ3v) is 2.50. The Hall–Kier alpha value is -2.04. The molecule has 0 atom stereocenters. The van der Waals surface area contributed by atoms with Crippen LogP contribution in [-0.4, -0.2) is 5.97 Å². The standard InChI is InChI=1S/C13H10ClNO3/c14-10-3-7-11(8-4-10)17-13(16)9-1-5-12(18-15)6-2-9/h1-8H,15H2. The Bertz CT molecular complexity index is 537. The van der Waals surface area contributed by atoms with Crippen LogP contribution in [0.5, 0.6) is 11.5 Å². The second-order valence-corrected chi connectivity index (χ2v) is 3.92. The number of carbonyl (C=O) groups excluding carboxylic acids is 1. The minimum Gasteiger partial charge on any atom is -0.423 e. The molecule has 0 bridgehead atoms. The summed E-state index contributed by atoms with van der Waals surface area (Å²) in [6.45, 7) is 0. The normalized spacial score (nSPS) is 9.89. The van der Waals surface area contributed by atoms with Gasteiger partial charge in [-0.3, -0.25) is 0 Å². The van der Waals surface area contributed by atoms with Gasteiger partial charge < -0.3 is 9.57 Å². The Kier molecular flexibility index (Phi) is 3.82. The Morgan fingerprint density at radius 2 is 1.50 bits per heavy atom. The molecule has 0 fully saturated rings. The van der Waals surface area contributed by atoms with Crippen LogP contribution in [0.3, 0.4) is 0 Å². The van der Waals surface area contributed by atoms with Crippen molar-refractivity contribution in [2.24, 2.45) is 5.90 Å². The molecule has 0 saturated heterocycles. The predicted octanol–water partition coefficient (Wildman–Crippen LogP) is 2.81. The summed E-state index contributed by atoms with van der Waals surface area (Å²) in [4.78, 5) is 16.3. The molecule has 2 N–H and O–H groups in total. The molecule has 2 aromatic carbocycles. The molecular weight excluding hydrogens is 254 g/mol. The van der Waals surface area contributed by atoms with Gasteiger partial charge in [0.15, 0.2) is 0 Å². The van der Waals surface area contributed by atoms with Gasteiger partial charge in [-0.2, -0.15) is 5.90 Å². The number of carbonyl (C=O) groups is 1. The maximum atomic E-state index is 11.8. The molecule has 0 amide bonds. The minimum absolute atomic E-state index is 0.408. The summed E-state index contributed by atoms with van der Waals surface area (Å²) in [6.07, 6.45) is 0. The zero-order valence-corrected chi connectivity index (χ0v) is 10.1. The fraction of sp³-hybridized carbons (Fsp3) is 0. The largest absolute Gasteiger partial charge is 0.423 e. The fourth-order valence-corrected chi connectivity index (χ4v) is 1.46. The zero-order chi connectivity index (χ0) is 13.0. The van der Waals surface area contributed by atoms with Gasteiger partial charge in [-0.05, 0) is 48.5 Å². The highest BCUT2D eigenvalue weighted by atomic mass is 35.5. The van der Waals surface area contributed by atoms with E-state index >= 15 is 0 Å². The average Bonchev–Trinajstić information content (AvgIpc) is 2.41. The SMILES string of the molecule is NOc1ccc(C(=O)Oc2ccc(Cl)cc2)cc1. The third-order valence-electron chi connectivity index (χ3n) is 2.25. The van der Waals surface area contributed by atoms with Gasteiger partial charge in [-0.15, -0.1) is 0 Å². The summed E-state index contributed by atoms with van der Waals surface area (Å²) < 4.78 is 5.16. The van der Waals surface area contributed by atoms with Crippen molar-refractivity contribution in [3.05, 3.63) is 59.1 Å². The van der Waals surface area contributed by atoms with Gasteiger partial charge in [0.1, 0.15) is 11.5 Å². The van der Waals surface area contributed by atoms with Crippen molar-refractivity contribution >= 4 is 17.6 Å². The Balaban J connectivity index is 2.09. The van der Waals surface area contributed by atoms with E-state index in [1.807, 2.05) is 0 Å². The van der Waals surface area contributed by atoms with Crippen LogP contribution in [0.25, 0.3) is 0 Å². The molecule has 0 heterocycles. The molecular formula is C13H10ClNO3. The number of benzene rings is 2. The quantitative estimate of drug-likeness (QED) is 0.525. The van der Waals surface area contributed by atoms with E-state index in [0.29, 0.717) is 22.1 Å². The molecule has 18 heavy (non-hydrogen) atoms. The number of nitrogens with two attached hydrogens (primary N) is 1. The molecule has 0 unspecified atom stereocenters. The maximum Gasteiger partial charge on any atom is 0.343 e. The molecule has 92 valence electrons. The Morgan fingerprint density at radius 3 is 2.06 bits per heavy atom. The Morgan fingerprint density at radius 1 is 0.944 bits per heavy atom. The third kappa shape index (κ3) is 3.00. The van der Waals surface area contributed by atoms with Gasteiger partial charge in [0.05, 0.1) is 5.56 Å². The van der Waals surface area contributed by atoms with Crippen molar-refractivity contribution in [3.63, 3.8) is 0 Å². The maximum absolute atomic E-state index is 11.8. The first-order chi connectivity index (χ1) is 8.69. The molecule has 2 aromatic rings. The van der Waals surface area contributed by atoms with Gasteiger partial charge >= 0.3 is 5.97 Å². The molecule has 2 rings (SSSR count). The van der Waals surface area contributed by atoms with Gasteiger partial charge in [0.25, 0.3) is 0 Å².